The summed E-state index contributed by atoms with van der Waals surface area (Å²) in [7, 11) is -5.32. The Labute approximate surface area is 114 Å². The quantitative estimate of drug-likeness (QED) is 0.820. The first-order valence-corrected chi connectivity index (χ1v) is 8.31. The van der Waals surface area contributed by atoms with Gasteiger partial charge in [0.05, 0.1) is 10.6 Å². The van der Waals surface area contributed by atoms with Crippen LogP contribution in [0.15, 0.2) is 29.2 Å². The van der Waals surface area contributed by atoms with Gasteiger partial charge in [0.25, 0.3) is 9.84 Å². The molecule has 0 fully saturated rings. The van der Waals surface area contributed by atoms with Crippen LogP contribution in [0.2, 0.25) is 0 Å². The van der Waals surface area contributed by atoms with E-state index in [1.54, 1.807) is 11.8 Å². The number of sulfone groups is 1. The zero-order valence-corrected chi connectivity index (χ0v) is 11.8. The molecule has 0 atom stereocenters. The third kappa shape index (κ3) is 4.04. The predicted octanol–water partition coefficient (Wildman–Crippen LogP) is 3.15. The molecule has 0 radical (unpaired) electrons. The number of anilines is 1. The molecule has 108 valence electrons. The molecule has 0 aliphatic rings. The van der Waals surface area contributed by atoms with Crippen LogP contribution in [0.3, 0.4) is 0 Å². The summed E-state index contributed by atoms with van der Waals surface area (Å²) < 4.78 is 60.4. The number of benzene rings is 1. The number of nitrogens with one attached hydrogen (secondary N) is 1. The fraction of sp³-hybridized carbons (Fsp3) is 0.455. The fourth-order valence-electron chi connectivity index (χ4n) is 1.41. The van der Waals surface area contributed by atoms with Crippen molar-refractivity contribution in [3.05, 3.63) is 24.3 Å². The van der Waals surface area contributed by atoms with Gasteiger partial charge in [-0.3, -0.25) is 0 Å². The lowest BCUT2D eigenvalue weighted by Gasteiger charge is -2.13. The standard InChI is InChI=1S/C11H14F3NO2S2/c1-18-8-4-7-15-9-5-2-3-6-10(9)19(16,17)11(12,13)14/h2-3,5-6,15H,4,7-8H2,1H3. The van der Waals surface area contributed by atoms with Gasteiger partial charge in [0.2, 0.25) is 0 Å². The number of rotatable bonds is 6. The summed E-state index contributed by atoms with van der Waals surface area (Å²) in [6.45, 7) is 0.422. The van der Waals surface area contributed by atoms with Crippen molar-refractivity contribution >= 4 is 27.3 Å². The Morgan fingerprint density at radius 3 is 2.47 bits per heavy atom. The van der Waals surface area contributed by atoms with Gasteiger partial charge in [-0.2, -0.15) is 24.9 Å². The molecule has 0 unspecified atom stereocenters. The lowest BCUT2D eigenvalue weighted by atomic mass is 10.3. The zero-order chi connectivity index (χ0) is 14.5. The first-order chi connectivity index (χ1) is 8.80. The summed E-state index contributed by atoms with van der Waals surface area (Å²) in [5.74, 6) is 0.848. The third-order valence-corrected chi connectivity index (χ3v) is 4.56. The van der Waals surface area contributed by atoms with Crippen molar-refractivity contribution in [2.24, 2.45) is 0 Å². The average molecular weight is 313 g/mol. The monoisotopic (exact) mass is 313 g/mol. The van der Waals surface area contributed by atoms with Gasteiger partial charge in [-0.05, 0) is 30.6 Å². The summed E-state index contributed by atoms with van der Waals surface area (Å²) >= 11 is 1.61. The van der Waals surface area contributed by atoms with Crippen molar-refractivity contribution in [1.29, 1.82) is 0 Å². The molecule has 0 aliphatic heterocycles. The summed E-state index contributed by atoms with van der Waals surface area (Å²) in [5, 5.41) is 2.73. The molecule has 8 heteroatoms. The first kappa shape index (κ1) is 16.2. The molecule has 0 saturated carbocycles. The van der Waals surface area contributed by atoms with Gasteiger partial charge in [-0.15, -0.1) is 0 Å². The van der Waals surface area contributed by atoms with Crippen molar-refractivity contribution in [2.75, 3.05) is 23.9 Å². The van der Waals surface area contributed by atoms with Crippen molar-refractivity contribution < 1.29 is 21.6 Å². The summed E-state index contributed by atoms with van der Waals surface area (Å²) in [4.78, 5) is -0.730. The highest BCUT2D eigenvalue weighted by Gasteiger charge is 2.47. The maximum atomic E-state index is 12.5. The third-order valence-electron chi connectivity index (χ3n) is 2.32. The van der Waals surface area contributed by atoms with E-state index < -0.39 is 20.2 Å². The molecule has 0 bridgehead atoms. The molecule has 0 amide bonds. The van der Waals surface area contributed by atoms with E-state index in [9.17, 15) is 21.6 Å². The second-order valence-corrected chi connectivity index (χ2v) is 6.61. The van der Waals surface area contributed by atoms with E-state index in [4.69, 9.17) is 0 Å². The molecule has 19 heavy (non-hydrogen) atoms. The Balaban J connectivity index is 2.97. The van der Waals surface area contributed by atoms with E-state index >= 15 is 0 Å². The predicted molar refractivity (Wildman–Crippen MR) is 71.2 cm³/mol. The molecule has 3 nitrogen and oxygen atoms in total. The molecule has 0 aliphatic carbocycles. The largest absolute Gasteiger partial charge is 0.501 e. The molecule has 1 N–H and O–H groups in total. The maximum Gasteiger partial charge on any atom is 0.501 e. The molecule has 1 aromatic rings. The first-order valence-electron chi connectivity index (χ1n) is 5.44. The van der Waals surface area contributed by atoms with Gasteiger partial charge in [-0.1, -0.05) is 12.1 Å². The number of para-hydroxylation sites is 1. The lowest BCUT2D eigenvalue weighted by Crippen LogP contribution is -2.24. The van der Waals surface area contributed by atoms with Crippen molar-refractivity contribution in [1.82, 2.24) is 0 Å². The molecule has 1 rings (SSSR count). The minimum atomic E-state index is -5.32. The summed E-state index contributed by atoms with van der Waals surface area (Å²) in [5.41, 5.74) is -5.30. The van der Waals surface area contributed by atoms with Crippen molar-refractivity contribution in [3.63, 3.8) is 0 Å². The van der Waals surface area contributed by atoms with Crippen LogP contribution >= 0.6 is 11.8 Å². The van der Waals surface area contributed by atoms with Crippen LogP contribution in [0.4, 0.5) is 18.9 Å². The van der Waals surface area contributed by atoms with Crippen molar-refractivity contribution in [3.8, 4) is 0 Å². The number of halogens is 3. The second kappa shape index (κ2) is 6.51. The smallest absolute Gasteiger partial charge is 0.384 e. The van der Waals surface area contributed by atoms with Crippen LogP contribution in [0.1, 0.15) is 6.42 Å². The van der Waals surface area contributed by atoms with E-state index in [0.717, 1.165) is 18.2 Å². The normalized spacial score (nSPS) is 12.4. The highest BCUT2D eigenvalue weighted by Crippen LogP contribution is 2.34. The second-order valence-electron chi connectivity index (χ2n) is 3.72. The highest BCUT2D eigenvalue weighted by atomic mass is 32.2. The van der Waals surface area contributed by atoms with Crippen LogP contribution < -0.4 is 5.32 Å². The zero-order valence-electron chi connectivity index (χ0n) is 10.2. The van der Waals surface area contributed by atoms with Gasteiger partial charge in [0.1, 0.15) is 0 Å². The van der Waals surface area contributed by atoms with Gasteiger partial charge in [0.15, 0.2) is 0 Å². The molecule has 0 spiro atoms. The topological polar surface area (TPSA) is 46.2 Å². The Morgan fingerprint density at radius 2 is 1.89 bits per heavy atom. The molecular weight excluding hydrogens is 299 g/mol. The minimum absolute atomic E-state index is 0.0130. The maximum absolute atomic E-state index is 12.5. The number of alkyl halides is 3. The van der Waals surface area contributed by atoms with E-state index in [-0.39, 0.29) is 5.69 Å². The Kier molecular flexibility index (Phi) is 5.54. The van der Waals surface area contributed by atoms with Crippen LogP contribution in [0.5, 0.6) is 0 Å². The van der Waals surface area contributed by atoms with Gasteiger partial charge in [0, 0.05) is 6.54 Å². The summed E-state index contributed by atoms with van der Waals surface area (Å²) in [6, 6.07) is 5.05. The minimum Gasteiger partial charge on any atom is -0.384 e. The molecule has 0 heterocycles. The van der Waals surface area contributed by atoms with E-state index in [0.29, 0.717) is 6.54 Å². The molecular formula is C11H14F3NO2S2. The Morgan fingerprint density at radius 1 is 1.26 bits per heavy atom. The number of hydrogen-bond donors (Lipinski definition) is 1. The molecule has 0 saturated heterocycles. The number of hydrogen-bond acceptors (Lipinski definition) is 4. The van der Waals surface area contributed by atoms with E-state index in [1.807, 2.05) is 6.26 Å². The van der Waals surface area contributed by atoms with E-state index in [1.165, 1.54) is 18.2 Å². The summed E-state index contributed by atoms with van der Waals surface area (Å²) in [6.07, 6.45) is 2.66. The van der Waals surface area contributed by atoms with Crippen LogP contribution in [0, 0.1) is 0 Å². The Bertz CT molecular complexity index is 515. The van der Waals surface area contributed by atoms with Crippen LogP contribution in [-0.4, -0.2) is 32.5 Å². The SMILES string of the molecule is CSCCCNc1ccccc1S(=O)(=O)C(F)(F)F. The highest BCUT2D eigenvalue weighted by molar-refractivity contribution is 7.98. The lowest BCUT2D eigenvalue weighted by molar-refractivity contribution is -0.0435. The fourth-order valence-corrected chi connectivity index (χ4v) is 2.78. The van der Waals surface area contributed by atoms with Crippen LogP contribution in [-0.2, 0) is 9.84 Å². The van der Waals surface area contributed by atoms with Crippen molar-refractivity contribution in [2.45, 2.75) is 16.8 Å². The molecule has 0 aromatic heterocycles. The van der Waals surface area contributed by atoms with Crippen LogP contribution in [0.25, 0.3) is 0 Å². The van der Waals surface area contributed by atoms with Gasteiger partial charge < -0.3 is 5.32 Å². The Hall–Kier alpha value is -0.890. The number of thioether (sulfide) groups is 1. The van der Waals surface area contributed by atoms with Gasteiger partial charge in [-0.25, -0.2) is 8.42 Å². The average Bonchev–Trinajstić information content (AvgIpc) is 2.34. The van der Waals surface area contributed by atoms with Gasteiger partial charge >= 0.3 is 5.51 Å². The van der Waals surface area contributed by atoms with E-state index in [2.05, 4.69) is 5.32 Å². The molecule has 1 aromatic carbocycles.